The van der Waals surface area contributed by atoms with Crippen LogP contribution in [-0.4, -0.2) is 45.2 Å². The van der Waals surface area contributed by atoms with Gasteiger partial charge in [-0.15, -0.1) is 0 Å². The number of rotatable bonds is 5. The van der Waals surface area contributed by atoms with Gasteiger partial charge in [-0.1, -0.05) is 13.0 Å². The number of anilines is 1. The van der Waals surface area contributed by atoms with Crippen molar-refractivity contribution in [3.63, 3.8) is 0 Å². The molecule has 2 saturated heterocycles. The molecule has 4 fully saturated rings. The molecule has 1 aromatic rings. The highest BCUT2D eigenvalue weighted by atomic mass is 16.5. The summed E-state index contributed by atoms with van der Waals surface area (Å²) in [4.78, 5) is 36.8. The number of ether oxygens (including phenoxy) is 1. The van der Waals surface area contributed by atoms with Crippen molar-refractivity contribution in [3.05, 3.63) is 29.8 Å². The van der Waals surface area contributed by atoms with Crippen molar-refractivity contribution >= 4 is 23.3 Å². The third kappa shape index (κ3) is 2.81. The van der Waals surface area contributed by atoms with Gasteiger partial charge in [0.25, 0.3) is 0 Å². The Kier molecular flexibility index (Phi) is 4.25. The van der Waals surface area contributed by atoms with Gasteiger partial charge in [-0.05, 0) is 55.2 Å². The van der Waals surface area contributed by atoms with E-state index in [0.717, 1.165) is 31.4 Å². The quantitative estimate of drug-likeness (QED) is 0.531. The number of carboxylic acid groups (broad SMARTS) is 1. The monoisotopic (exact) mass is 427 g/mol. The fraction of sp³-hybridized carbons (Fsp3) is 0.522. The standard InChI is InChI=1S/C23H25NO7/c1-22(6-5-17(27)24-18-13(25)3-2-12(19(18)28)21(29)30)16(26)4-7-23-9-11-8-14(20(22)23)31-15(11)10-23/h2-4,7,11,14-15,20,25,28H,5-6,8-10H2,1H3,(H,24,27)(H,29,30)/t11-,14+,15+,20+,22-,23+/m1/s1. The van der Waals surface area contributed by atoms with Crippen LogP contribution in [0.3, 0.4) is 0 Å². The zero-order valence-corrected chi connectivity index (χ0v) is 17.1. The molecular weight excluding hydrogens is 402 g/mol. The Morgan fingerprint density at radius 1 is 1.23 bits per heavy atom. The average molecular weight is 427 g/mol. The number of benzene rings is 1. The summed E-state index contributed by atoms with van der Waals surface area (Å²) in [5.74, 6) is -2.46. The van der Waals surface area contributed by atoms with E-state index in [1.165, 1.54) is 0 Å². The number of carboxylic acids is 1. The highest BCUT2D eigenvalue weighted by Gasteiger charge is 2.67. The summed E-state index contributed by atoms with van der Waals surface area (Å²) in [5, 5.41) is 31.6. The number of aromatic hydroxyl groups is 2. The number of aromatic carboxylic acids is 1. The van der Waals surface area contributed by atoms with E-state index < -0.39 is 34.4 Å². The van der Waals surface area contributed by atoms with Crippen molar-refractivity contribution in [1.29, 1.82) is 0 Å². The summed E-state index contributed by atoms with van der Waals surface area (Å²) < 4.78 is 6.22. The number of hydrogen-bond donors (Lipinski definition) is 4. The molecule has 1 amide bonds. The molecule has 164 valence electrons. The van der Waals surface area contributed by atoms with Crippen molar-refractivity contribution < 1.29 is 34.4 Å². The predicted molar refractivity (Wildman–Crippen MR) is 109 cm³/mol. The van der Waals surface area contributed by atoms with E-state index in [0.29, 0.717) is 12.3 Å². The molecule has 0 unspecified atom stereocenters. The number of phenolic OH excluding ortho intramolecular Hbond substituents is 1. The molecule has 2 heterocycles. The average Bonchev–Trinajstić information content (AvgIpc) is 3.15. The first-order valence-corrected chi connectivity index (χ1v) is 10.6. The van der Waals surface area contributed by atoms with Crippen LogP contribution in [0.5, 0.6) is 11.5 Å². The summed E-state index contributed by atoms with van der Waals surface area (Å²) in [6, 6.07) is 2.15. The minimum absolute atomic E-state index is 0.00751. The van der Waals surface area contributed by atoms with Crippen molar-refractivity contribution in [2.24, 2.45) is 22.7 Å². The van der Waals surface area contributed by atoms with Crippen LogP contribution in [0, 0.1) is 22.7 Å². The number of hydrogen-bond acceptors (Lipinski definition) is 6. The summed E-state index contributed by atoms with van der Waals surface area (Å²) in [6.07, 6.45) is 7.25. The fourth-order valence-electron chi connectivity index (χ4n) is 6.66. The number of carbonyl (C=O) groups is 3. The number of allylic oxidation sites excluding steroid dienone is 2. The summed E-state index contributed by atoms with van der Waals surface area (Å²) >= 11 is 0. The summed E-state index contributed by atoms with van der Waals surface area (Å²) in [7, 11) is 0. The maximum Gasteiger partial charge on any atom is 0.339 e. The molecule has 8 heteroatoms. The van der Waals surface area contributed by atoms with E-state index in [4.69, 9.17) is 9.84 Å². The largest absolute Gasteiger partial charge is 0.506 e. The van der Waals surface area contributed by atoms with Gasteiger partial charge in [-0.25, -0.2) is 4.79 Å². The first-order chi connectivity index (χ1) is 14.6. The van der Waals surface area contributed by atoms with Gasteiger partial charge in [0.05, 0.1) is 12.2 Å². The normalized spacial score (nSPS) is 37.1. The second-order valence-corrected chi connectivity index (χ2v) is 9.65. The number of carbonyl (C=O) groups excluding carboxylic acids is 2. The van der Waals surface area contributed by atoms with Crippen molar-refractivity contribution in [3.8, 4) is 11.5 Å². The van der Waals surface area contributed by atoms with Gasteiger partial charge in [0.2, 0.25) is 5.91 Å². The van der Waals surface area contributed by atoms with Crippen LogP contribution in [-0.2, 0) is 14.3 Å². The number of nitrogens with one attached hydrogen (secondary N) is 1. The van der Waals surface area contributed by atoms with E-state index >= 15 is 0 Å². The van der Waals surface area contributed by atoms with E-state index in [1.807, 2.05) is 6.92 Å². The molecule has 2 saturated carbocycles. The Balaban J connectivity index is 1.35. The number of ketones is 1. The third-order valence-corrected chi connectivity index (χ3v) is 7.96. The molecule has 0 aromatic heterocycles. The molecule has 5 aliphatic rings. The summed E-state index contributed by atoms with van der Waals surface area (Å²) in [5.41, 5.74) is -1.56. The maximum absolute atomic E-state index is 13.0. The van der Waals surface area contributed by atoms with Gasteiger partial charge in [0.1, 0.15) is 17.0 Å². The SMILES string of the molecule is C[C@@]1(CCC(=O)Nc2c(O)ccc(C(=O)O)c2O)C(=O)C=C[C@]23C[C@H]4C[C@H](O[C@H]4C2)[C@H]31. The van der Waals surface area contributed by atoms with Gasteiger partial charge >= 0.3 is 5.97 Å². The molecule has 6 rings (SSSR count). The second-order valence-electron chi connectivity index (χ2n) is 9.65. The zero-order chi connectivity index (χ0) is 22.1. The third-order valence-electron chi connectivity index (χ3n) is 7.96. The maximum atomic E-state index is 13.0. The number of phenols is 2. The van der Waals surface area contributed by atoms with Gasteiger partial charge in [-0.2, -0.15) is 0 Å². The zero-order valence-electron chi connectivity index (χ0n) is 17.1. The second kappa shape index (κ2) is 6.56. The molecule has 31 heavy (non-hydrogen) atoms. The van der Waals surface area contributed by atoms with E-state index in [1.54, 1.807) is 6.08 Å². The Labute approximate surface area is 178 Å². The van der Waals surface area contributed by atoms with Crippen LogP contribution in [0.25, 0.3) is 0 Å². The van der Waals surface area contributed by atoms with Gasteiger partial charge in [0, 0.05) is 17.8 Å². The topological polar surface area (TPSA) is 133 Å². The minimum Gasteiger partial charge on any atom is -0.506 e. The van der Waals surface area contributed by atoms with Gasteiger partial charge < -0.3 is 25.4 Å². The Hall–Kier alpha value is -2.87. The summed E-state index contributed by atoms with van der Waals surface area (Å²) in [6.45, 7) is 1.91. The van der Waals surface area contributed by atoms with Crippen molar-refractivity contribution in [2.45, 2.75) is 51.2 Å². The van der Waals surface area contributed by atoms with Crippen molar-refractivity contribution in [2.75, 3.05) is 5.32 Å². The van der Waals surface area contributed by atoms with Crippen LogP contribution in [0.15, 0.2) is 24.3 Å². The Morgan fingerprint density at radius 2 is 2.00 bits per heavy atom. The first kappa shape index (κ1) is 20.1. The molecule has 8 nitrogen and oxygen atoms in total. The molecule has 2 aliphatic heterocycles. The smallest absolute Gasteiger partial charge is 0.339 e. The van der Waals surface area contributed by atoms with E-state index in [9.17, 15) is 24.6 Å². The number of amides is 1. The molecule has 4 bridgehead atoms. The molecular formula is C23H25NO7. The molecule has 4 N–H and O–H groups in total. The lowest BCUT2D eigenvalue weighted by Gasteiger charge is -2.54. The highest BCUT2D eigenvalue weighted by Crippen LogP contribution is 2.68. The van der Waals surface area contributed by atoms with E-state index in [2.05, 4.69) is 11.4 Å². The first-order valence-electron chi connectivity index (χ1n) is 10.6. The van der Waals surface area contributed by atoms with E-state index in [-0.39, 0.29) is 41.4 Å². The molecule has 6 atom stereocenters. The fourth-order valence-corrected chi connectivity index (χ4v) is 6.66. The predicted octanol–water partition coefficient (Wildman–Crippen LogP) is 2.84. The van der Waals surface area contributed by atoms with Crippen LogP contribution >= 0.6 is 0 Å². The molecule has 3 aliphatic carbocycles. The lowest BCUT2D eigenvalue weighted by molar-refractivity contribution is -0.153. The Morgan fingerprint density at radius 3 is 2.71 bits per heavy atom. The van der Waals surface area contributed by atoms with Crippen molar-refractivity contribution in [1.82, 2.24) is 0 Å². The lowest BCUT2D eigenvalue weighted by atomic mass is 9.51. The minimum atomic E-state index is -1.38. The van der Waals surface area contributed by atoms with Gasteiger partial charge in [0.15, 0.2) is 11.5 Å². The molecule has 0 radical (unpaired) electrons. The van der Waals surface area contributed by atoms with Crippen LogP contribution < -0.4 is 5.32 Å². The van der Waals surface area contributed by atoms with Crippen LogP contribution in [0.4, 0.5) is 5.69 Å². The van der Waals surface area contributed by atoms with Crippen LogP contribution in [0.1, 0.15) is 49.4 Å². The molecule has 1 aromatic carbocycles. The lowest BCUT2D eigenvalue weighted by Crippen LogP contribution is -2.55. The Bertz CT molecular complexity index is 1020. The van der Waals surface area contributed by atoms with Gasteiger partial charge in [-0.3, -0.25) is 9.59 Å². The molecule has 1 spiro atoms. The highest BCUT2D eigenvalue weighted by molar-refractivity contribution is 6.00. The van der Waals surface area contributed by atoms with Crippen LogP contribution in [0.2, 0.25) is 0 Å².